The van der Waals surface area contributed by atoms with Gasteiger partial charge in [-0.05, 0) is 30.9 Å². The number of aliphatic carboxylic acids is 1. The molecule has 2 N–H and O–H groups in total. The van der Waals surface area contributed by atoms with Gasteiger partial charge in [0.1, 0.15) is 12.6 Å². The summed E-state index contributed by atoms with van der Waals surface area (Å²) >= 11 is 0. The van der Waals surface area contributed by atoms with E-state index in [-0.39, 0.29) is 18.0 Å². The zero-order valence-electron chi connectivity index (χ0n) is 11.7. The highest BCUT2D eigenvalue weighted by molar-refractivity contribution is 5.84. The fourth-order valence-corrected chi connectivity index (χ4v) is 2.40. The summed E-state index contributed by atoms with van der Waals surface area (Å²) in [4.78, 5) is 39.5. The van der Waals surface area contributed by atoms with Crippen molar-refractivity contribution in [3.05, 3.63) is 40.9 Å². The molecule has 1 aromatic carbocycles. The van der Waals surface area contributed by atoms with E-state index in [0.29, 0.717) is 10.9 Å². The van der Waals surface area contributed by atoms with Crippen LogP contribution in [0.2, 0.25) is 0 Å². The van der Waals surface area contributed by atoms with Crippen molar-refractivity contribution in [2.24, 2.45) is 5.92 Å². The standard InChI is InChI=1S/C15H15N3O4/c19-12(17-13(15(21)22)9-5-6-9)7-18-8-16-11-4-2-1-3-10(11)14(18)20/h1-4,8-9,13H,5-7H2,(H,17,19)(H,21,22). The average molecular weight is 301 g/mol. The Morgan fingerprint density at radius 3 is 2.77 bits per heavy atom. The molecule has 2 aromatic rings. The van der Waals surface area contributed by atoms with Crippen LogP contribution in [0, 0.1) is 5.92 Å². The Hall–Kier alpha value is -2.70. The van der Waals surface area contributed by atoms with Crippen LogP contribution in [0.15, 0.2) is 35.4 Å². The van der Waals surface area contributed by atoms with Crippen LogP contribution in [0.4, 0.5) is 0 Å². The van der Waals surface area contributed by atoms with Crippen LogP contribution in [0.1, 0.15) is 12.8 Å². The number of aromatic nitrogens is 2. The summed E-state index contributed by atoms with van der Waals surface area (Å²) in [5.41, 5.74) is 0.240. The number of fused-ring (bicyclic) bond motifs is 1. The van der Waals surface area contributed by atoms with Crippen molar-refractivity contribution in [3.8, 4) is 0 Å². The second kappa shape index (κ2) is 5.59. The third-order valence-electron chi connectivity index (χ3n) is 3.72. The van der Waals surface area contributed by atoms with Gasteiger partial charge in [0.05, 0.1) is 17.2 Å². The number of hydrogen-bond acceptors (Lipinski definition) is 4. The van der Waals surface area contributed by atoms with Gasteiger partial charge in [0.15, 0.2) is 0 Å². The van der Waals surface area contributed by atoms with Gasteiger partial charge in [-0.1, -0.05) is 12.1 Å². The molecule has 1 heterocycles. The Morgan fingerprint density at radius 1 is 1.36 bits per heavy atom. The zero-order chi connectivity index (χ0) is 15.7. The molecule has 0 saturated heterocycles. The van der Waals surface area contributed by atoms with Gasteiger partial charge in [0, 0.05) is 0 Å². The predicted molar refractivity (Wildman–Crippen MR) is 78.3 cm³/mol. The third kappa shape index (κ3) is 2.83. The van der Waals surface area contributed by atoms with Gasteiger partial charge in [-0.2, -0.15) is 0 Å². The van der Waals surface area contributed by atoms with Gasteiger partial charge >= 0.3 is 5.97 Å². The van der Waals surface area contributed by atoms with Crippen LogP contribution >= 0.6 is 0 Å². The summed E-state index contributed by atoms with van der Waals surface area (Å²) < 4.78 is 1.18. The van der Waals surface area contributed by atoms with Crippen LogP contribution in [0.5, 0.6) is 0 Å². The van der Waals surface area contributed by atoms with Crippen LogP contribution < -0.4 is 10.9 Å². The van der Waals surface area contributed by atoms with Crippen molar-refractivity contribution in [3.63, 3.8) is 0 Å². The number of benzene rings is 1. The fraction of sp³-hybridized carbons (Fsp3) is 0.333. The summed E-state index contributed by atoms with van der Waals surface area (Å²) in [5.74, 6) is -1.55. The highest BCUT2D eigenvalue weighted by atomic mass is 16.4. The number of carboxylic acid groups (broad SMARTS) is 1. The highest BCUT2D eigenvalue weighted by Gasteiger charge is 2.37. The lowest BCUT2D eigenvalue weighted by Gasteiger charge is -2.14. The Balaban J connectivity index is 1.78. The molecule has 1 fully saturated rings. The number of nitrogens with zero attached hydrogens (tertiary/aromatic N) is 2. The topological polar surface area (TPSA) is 101 Å². The Labute approximate surface area is 125 Å². The monoisotopic (exact) mass is 301 g/mol. The normalized spacial score (nSPS) is 15.5. The van der Waals surface area contributed by atoms with Crippen molar-refractivity contribution in [1.29, 1.82) is 0 Å². The molecule has 1 atom stereocenters. The third-order valence-corrected chi connectivity index (χ3v) is 3.72. The van der Waals surface area contributed by atoms with Crippen molar-refractivity contribution in [1.82, 2.24) is 14.9 Å². The summed E-state index contributed by atoms with van der Waals surface area (Å²) in [7, 11) is 0. The van der Waals surface area contributed by atoms with E-state index in [9.17, 15) is 14.4 Å². The van der Waals surface area contributed by atoms with Gasteiger partial charge in [-0.3, -0.25) is 14.2 Å². The Bertz CT molecular complexity index is 795. The van der Waals surface area contributed by atoms with E-state index in [0.717, 1.165) is 12.8 Å². The van der Waals surface area contributed by atoms with Gasteiger partial charge in [0.2, 0.25) is 5.91 Å². The number of carbonyl (C=O) groups excluding carboxylic acids is 1. The molecule has 0 bridgehead atoms. The number of rotatable bonds is 5. The molecule has 22 heavy (non-hydrogen) atoms. The molecule has 7 nitrogen and oxygen atoms in total. The smallest absolute Gasteiger partial charge is 0.326 e. The first kappa shape index (κ1) is 14.2. The number of hydrogen-bond donors (Lipinski definition) is 2. The molecular formula is C15H15N3O4. The number of carboxylic acids is 1. The molecule has 1 aromatic heterocycles. The van der Waals surface area contributed by atoms with Crippen molar-refractivity contribution in [2.45, 2.75) is 25.4 Å². The van der Waals surface area contributed by atoms with Crippen LogP contribution in [0.3, 0.4) is 0 Å². The summed E-state index contributed by atoms with van der Waals surface area (Å²) in [5, 5.41) is 12.0. The summed E-state index contributed by atoms with van der Waals surface area (Å²) in [6, 6.07) is 5.98. The van der Waals surface area contributed by atoms with Gasteiger partial charge < -0.3 is 10.4 Å². The van der Waals surface area contributed by atoms with Gasteiger partial charge in [-0.25, -0.2) is 9.78 Å². The maximum Gasteiger partial charge on any atom is 0.326 e. The molecule has 114 valence electrons. The van der Waals surface area contributed by atoms with Gasteiger partial charge in [0.25, 0.3) is 5.56 Å². The highest BCUT2D eigenvalue weighted by Crippen LogP contribution is 2.32. The molecule has 0 spiro atoms. The number of carbonyl (C=O) groups is 2. The molecule has 0 radical (unpaired) electrons. The Kier molecular flexibility index (Phi) is 3.62. The lowest BCUT2D eigenvalue weighted by Crippen LogP contribution is -2.44. The van der Waals surface area contributed by atoms with Crippen molar-refractivity contribution in [2.75, 3.05) is 0 Å². The SMILES string of the molecule is O=C(Cn1cnc2ccccc2c1=O)NC(C(=O)O)C1CC1. The van der Waals surface area contributed by atoms with E-state index in [1.807, 2.05) is 0 Å². The first-order valence-electron chi connectivity index (χ1n) is 7.02. The van der Waals surface area contributed by atoms with Crippen LogP contribution in [-0.4, -0.2) is 32.6 Å². The van der Waals surface area contributed by atoms with Gasteiger partial charge in [-0.15, -0.1) is 0 Å². The minimum atomic E-state index is -1.04. The van der Waals surface area contributed by atoms with E-state index in [1.165, 1.54) is 10.9 Å². The maximum atomic E-state index is 12.3. The quantitative estimate of drug-likeness (QED) is 0.831. The molecule has 1 saturated carbocycles. The molecule has 7 heteroatoms. The summed E-state index contributed by atoms with van der Waals surface area (Å²) in [6.07, 6.45) is 2.90. The largest absolute Gasteiger partial charge is 0.480 e. The van der Waals surface area contributed by atoms with E-state index in [2.05, 4.69) is 10.3 Å². The minimum absolute atomic E-state index is 0.00657. The number of para-hydroxylation sites is 1. The number of nitrogens with one attached hydrogen (secondary N) is 1. The molecule has 1 aliphatic rings. The van der Waals surface area contributed by atoms with E-state index in [4.69, 9.17) is 5.11 Å². The molecule has 1 unspecified atom stereocenters. The van der Waals surface area contributed by atoms with E-state index in [1.54, 1.807) is 24.3 Å². The molecule has 1 aliphatic carbocycles. The lowest BCUT2D eigenvalue weighted by atomic mass is 10.2. The second-order valence-corrected chi connectivity index (χ2v) is 5.42. The molecule has 1 amide bonds. The van der Waals surface area contributed by atoms with Crippen LogP contribution in [-0.2, 0) is 16.1 Å². The fourth-order valence-electron chi connectivity index (χ4n) is 2.40. The zero-order valence-corrected chi connectivity index (χ0v) is 11.7. The first-order valence-corrected chi connectivity index (χ1v) is 7.02. The van der Waals surface area contributed by atoms with Crippen molar-refractivity contribution < 1.29 is 14.7 Å². The Morgan fingerprint density at radius 2 is 2.09 bits per heavy atom. The second-order valence-electron chi connectivity index (χ2n) is 5.42. The molecule has 3 rings (SSSR count). The summed E-state index contributed by atoms with van der Waals surface area (Å²) in [6.45, 7) is -0.243. The van der Waals surface area contributed by atoms with Crippen LogP contribution in [0.25, 0.3) is 10.9 Å². The predicted octanol–water partition coefficient (Wildman–Crippen LogP) is 0.376. The molecular weight excluding hydrogens is 286 g/mol. The molecule has 0 aliphatic heterocycles. The maximum absolute atomic E-state index is 12.3. The lowest BCUT2D eigenvalue weighted by molar-refractivity contribution is -0.142. The van der Waals surface area contributed by atoms with E-state index >= 15 is 0 Å². The average Bonchev–Trinajstić information content (AvgIpc) is 3.32. The first-order chi connectivity index (χ1) is 10.6. The van der Waals surface area contributed by atoms with Crippen molar-refractivity contribution >= 4 is 22.8 Å². The van der Waals surface area contributed by atoms with E-state index < -0.39 is 17.9 Å². The number of amides is 1. The minimum Gasteiger partial charge on any atom is -0.480 e.